The number of carbonyl (C=O) groups is 2. The predicted octanol–water partition coefficient (Wildman–Crippen LogP) is 4.48. The van der Waals surface area contributed by atoms with Gasteiger partial charge in [-0.25, -0.2) is 0 Å². The first-order valence-corrected chi connectivity index (χ1v) is 10.3. The molecular weight excluding hydrogens is 384 g/mol. The number of hydrogen-bond acceptors (Lipinski definition) is 6. The minimum absolute atomic E-state index is 0.210. The van der Waals surface area contributed by atoms with Gasteiger partial charge in [-0.05, 0) is 62.1 Å². The minimum atomic E-state index is -0.911. The Bertz CT molecular complexity index is 715. The van der Waals surface area contributed by atoms with E-state index in [-0.39, 0.29) is 12.8 Å². The average Bonchev–Trinajstić information content (AvgIpc) is 2.73. The van der Waals surface area contributed by atoms with Crippen molar-refractivity contribution in [1.82, 2.24) is 0 Å². The number of esters is 2. The van der Waals surface area contributed by atoms with Crippen LogP contribution in [0.15, 0.2) is 48.5 Å². The van der Waals surface area contributed by atoms with Crippen molar-refractivity contribution in [2.45, 2.75) is 52.7 Å². The van der Waals surface area contributed by atoms with Crippen molar-refractivity contribution in [1.29, 1.82) is 0 Å². The standard InChI is InChI=1S/C24H30O6/c1-4-27-21-12-6-19(7-13-21)10-16-23(25)29-18(3)30-24(26)17-11-20-8-14-22(15-9-20)28-5-2/h6-9,12-15,18H,4-5,10-11,16-17H2,1-3H3. The zero-order chi connectivity index (χ0) is 21.8. The van der Waals surface area contributed by atoms with Gasteiger partial charge in [0, 0.05) is 19.8 Å². The van der Waals surface area contributed by atoms with Crippen LogP contribution in [-0.4, -0.2) is 31.4 Å². The van der Waals surface area contributed by atoms with Gasteiger partial charge in [0.1, 0.15) is 11.5 Å². The third-order valence-corrected chi connectivity index (χ3v) is 4.30. The van der Waals surface area contributed by atoms with Crippen LogP contribution in [0.4, 0.5) is 0 Å². The Morgan fingerprint density at radius 2 is 1.07 bits per heavy atom. The van der Waals surface area contributed by atoms with E-state index in [0.717, 1.165) is 22.6 Å². The average molecular weight is 414 g/mol. The molecule has 2 aromatic rings. The van der Waals surface area contributed by atoms with E-state index in [2.05, 4.69) is 0 Å². The second-order valence-corrected chi connectivity index (χ2v) is 6.70. The zero-order valence-electron chi connectivity index (χ0n) is 17.9. The van der Waals surface area contributed by atoms with Gasteiger partial charge in [0.25, 0.3) is 0 Å². The fraction of sp³-hybridized carbons (Fsp3) is 0.417. The monoisotopic (exact) mass is 414 g/mol. The summed E-state index contributed by atoms with van der Waals surface area (Å²) in [6.45, 7) is 6.63. The lowest BCUT2D eigenvalue weighted by atomic mass is 10.1. The Balaban J connectivity index is 1.66. The highest BCUT2D eigenvalue weighted by atomic mass is 16.7. The van der Waals surface area contributed by atoms with Crippen LogP contribution in [0.5, 0.6) is 11.5 Å². The predicted molar refractivity (Wildman–Crippen MR) is 114 cm³/mol. The largest absolute Gasteiger partial charge is 0.494 e. The van der Waals surface area contributed by atoms with Crippen LogP contribution in [-0.2, 0) is 31.9 Å². The topological polar surface area (TPSA) is 71.1 Å². The lowest BCUT2D eigenvalue weighted by Gasteiger charge is -2.14. The molecule has 6 heteroatoms. The van der Waals surface area contributed by atoms with Crippen molar-refractivity contribution in [2.24, 2.45) is 0 Å². The van der Waals surface area contributed by atoms with Gasteiger partial charge in [-0.3, -0.25) is 9.59 Å². The van der Waals surface area contributed by atoms with Crippen molar-refractivity contribution in [2.75, 3.05) is 13.2 Å². The maximum atomic E-state index is 12.0. The summed E-state index contributed by atoms with van der Waals surface area (Å²) in [6, 6.07) is 15.2. The molecule has 0 amide bonds. The highest BCUT2D eigenvalue weighted by molar-refractivity contribution is 5.71. The maximum Gasteiger partial charge on any atom is 0.309 e. The summed E-state index contributed by atoms with van der Waals surface area (Å²) in [5.74, 6) is 0.788. The van der Waals surface area contributed by atoms with Gasteiger partial charge in [-0.2, -0.15) is 0 Å². The van der Waals surface area contributed by atoms with Gasteiger partial charge in [0.15, 0.2) is 0 Å². The van der Waals surface area contributed by atoms with E-state index in [9.17, 15) is 9.59 Å². The zero-order valence-corrected chi connectivity index (χ0v) is 17.9. The van der Waals surface area contributed by atoms with E-state index < -0.39 is 18.2 Å². The Morgan fingerprint density at radius 1 is 0.700 bits per heavy atom. The summed E-state index contributed by atoms with van der Waals surface area (Å²) in [5.41, 5.74) is 2.02. The molecule has 0 aromatic heterocycles. The van der Waals surface area contributed by atoms with E-state index >= 15 is 0 Å². The number of ether oxygens (including phenoxy) is 4. The molecule has 0 aliphatic carbocycles. The fourth-order valence-electron chi connectivity index (χ4n) is 2.84. The van der Waals surface area contributed by atoms with E-state index in [1.807, 2.05) is 62.4 Å². The van der Waals surface area contributed by atoms with Gasteiger partial charge in [-0.15, -0.1) is 0 Å². The third-order valence-electron chi connectivity index (χ3n) is 4.30. The molecule has 0 N–H and O–H groups in total. The maximum absolute atomic E-state index is 12.0. The van der Waals surface area contributed by atoms with E-state index in [0.29, 0.717) is 26.1 Å². The second kappa shape index (κ2) is 12.5. The molecule has 0 saturated carbocycles. The molecule has 0 heterocycles. The molecule has 0 fully saturated rings. The molecule has 0 atom stereocenters. The highest BCUT2D eigenvalue weighted by Gasteiger charge is 2.14. The van der Waals surface area contributed by atoms with Crippen LogP contribution >= 0.6 is 0 Å². The van der Waals surface area contributed by atoms with Crippen LogP contribution < -0.4 is 9.47 Å². The molecule has 2 rings (SSSR count). The molecule has 0 unspecified atom stereocenters. The smallest absolute Gasteiger partial charge is 0.309 e. The minimum Gasteiger partial charge on any atom is -0.494 e. The first-order chi connectivity index (χ1) is 14.5. The first-order valence-electron chi connectivity index (χ1n) is 10.3. The molecule has 0 aliphatic heterocycles. The molecule has 2 aromatic carbocycles. The number of carbonyl (C=O) groups excluding carboxylic acids is 2. The van der Waals surface area contributed by atoms with Gasteiger partial charge < -0.3 is 18.9 Å². The molecule has 30 heavy (non-hydrogen) atoms. The normalized spacial score (nSPS) is 10.5. The molecule has 162 valence electrons. The van der Waals surface area contributed by atoms with Crippen LogP contribution in [0.1, 0.15) is 44.7 Å². The SMILES string of the molecule is CCOc1ccc(CCC(=O)OC(C)OC(=O)CCc2ccc(OCC)cc2)cc1. The van der Waals surface area contributed by atoms with Crippen molar-refractivity contribution in [3.05, 3.63) is 59.7 Å². The molecule has 0 spiro atoms. The molecule has 0 radical (unpaired) electrons. The van der Waals surface area contributed by atoms with Gasteiger partial charge in [0.05, 0.1) is 13.2 Å². The van der Waals surface area contributed by atoms with E-state index in [1.165, 1.54) is 0 Å². The van der Waals surface area contributed by atoms with Crippen molar-refractivity contribution < 1.29 is 28.5 Å². The van der Waals surface area contributed by atoms with Crippen LogP contribution in [0.25, 0.3) is 0 Å². The third kappa shape index (κ3) is 8.55. The summed E-state index contributed by atoms with van der Waals surface area (Å²) in [5, 5.41) is 0. The quantitative estimate of drug-likeness (QED) is 0.377. The second-order valence-electron chi connectivity index (χ2n) is 6.70. The van der Waals surface area contributed by atoms with Crippen LogP contribution in [0, 0.1) is 0 Å². The summed E-state index contributed by atoms with van der Waals surface area (Å²) < 4.78 is 21.1. The fourth-order valence-corrected chi connectivity index (χ4v) is 2.84. The molecule has 6 nitrogen and oxygen atoms in total. The Kier molecular flexibility index (Phi) is 9.71. The summed E-state index contributed by atoms with van der Waals surface area (Å²) in [4.78, 5) is 24.0. The molecular formula is C24H30O6. The Hall–Kier alpha value is -3.02. The molecule has 0 saturated heterocycles. The number of aryl methyl sites for hydroxylation is 2. The Morgan fingerprint density at radius 3 is 1.40 bits per heavy atom. The Labute approximate surface area is 178 Å². The van der Waals surface area contributed by atoms with Crippen LogP contribution in [0.3, 0.4) is 0 Å². The number of benzene rings is 2. The highest BCUT2D eigenvalue weighted by Crippen LogP contribution is 2.15. The van der Waals surface area contributed by atoms with Gasteiger partial charge in [0.2, 0.25) is 6.29 Å². The van der Waals surface area contributed by atoms with Crippen molar-refractivity contribution in [3.8, 4) is 11.5 Å². The molecule has 0 bridgehead atoms. The summed E-state index contributed by atoms with van der Waals surface area (Å²) in [6.07, 6.45) is 0.600. The number of hydrogen-bond donors (Lipinski definition) is 0. The lowest BCUT2D eigenvalue weighted by Crippen LogP contribution is -2.22. The molecule has 0 aliphatic rings. The summed E-state index contributed by atoms with van der Waals surface area (Å²) >= 11 is 0. The van der Waals surface area contributed by atoms with Crippen molar-refractivity contribution >= 4 is 11.9 Å². The van der Waals surface area contributed by atoms with E-state index in [1.54, 1.807) is 6.92 Å². The number of rotatable bonds is 12. The van der Waals surface area contributed by atoms with Gasteiger partial charge >= 0.3 is 11.9 Å². The van der Waals surface area contributed by atoms with E-state index in [4.69, 9.17) is 18.9 Å². The van der Waals surface area contributed by atoms with Crippen LogP contribution in [0.2, 0.25) is 0 Å². The first kappa shape index (κ1) is 23.3. The van der Waals surface area contributed by atoms with Crippen molar-refractivity contribution in [3.63, 3.8) is 0 Å². The lowest BCUT2D eigenvalue weighted by molar-refractivity contribution is -0.184. The van der Waals surface area contributed by atoms with Gasteiger partial charge in [-0.1, -0.05) is 24.3 Å². The summed E-state index contributed by atoms with van der Waals surface area (Å²) in [7, 11) is 0.